The summed E-state index contributed by atoms with van der Waals surface area (Å²) in [5, 5.41) is 5.87. The smallest absolute Gasteiger partial charge is 0.408 e. The Morgan fingerprint density at radius 3 is 2.68 bits per heavy atom. The monoisotopic (exact) mass is 345 g/mol. The highest BCUT2D eigenvalue weighted by Crippen LogP contribution is 2.30. The number of carbonyl (C=O) groups excluding carboxylic acids is 2. The first-order valence-corrected chi connectivity index (χ1v) is 8.63. The highest BCUT2D eigenvalue weighted by atomic mass is 16.4. The molecule has 0 bridgehead atoms. The number of oxazole rings is 1. The molecule has 0 aliphatic heterocycles. The van der Waals surface area contributed by atoms with Gasteiger partial charge in [0.1, 0.15) is 5.54 Å². The zero-order chi connectivity index (χ0) is 18.0. The zero-order valence-corrected chi connectivity index (χ0v) is 14.5. The molecule has 7 nitrogen and oxygen atoms in total. The van der Waals surface area contributed by atoms with Gasteiger partial charge in [-0.3, -0.25) is 14.6 Å². The number of nitrogens with one attached hydrogen (secondary N) is 3. The van der Waals surface area contributed by atoms with Crippen molar-refractivity contribution in [3.8, 4) is 0 Å². The van der Waals surface area contributed by atoms with Crippen molar-refractivity contribution >= 4 is 22.9 Å². The Balaban J connectivity index is 1.79. The molecule has 0 saturated heterocycles. The quantitative estimate of drug-likeness (QED) is 0.770. The summed E-state index contributed by atoms with van der Waals surface area (Å²) in [6.07, 6.45) is 3.08. The van der Waals surface area contributed by atoms with Gasteiger partial charge in [-0.1, -0.05) is 26.7 Å². The Hall–Kier alpha value is -2.57. The molecule has 0 spiro atoms. The van der Waals surface area contributed by atoms with Gasteiger partial charge in [0.2, 0.25) is 5.91 Å². The highest BCUT2D eigenvalue weighted by molar-refractivity contribution is 6.01. The van der Waals surface area contributed by atoms with Gasteiger partial charge in [0.05, 0.1) is 5.52 Å². The van der Waals surface area contributed by atoms with Crippen molar-refractivity contribution in [2.24, 2.45) is 5.92 Å². The van der Waals surface area contributed by atoms with Crippen molar-refractivity contribution in [3.05, 3.63) is 34.3 Å². The van der Waals surface area contributed by atoms with Crippen LogP contribution in [0.4, 0.5) is 0 Å². The van der Waals surface area contributed by atoms with E-state index >= 15 is 0 Å². The van der Waals surface area contributed by atoms with Crippen LogP contribution in [0, 0.1) is 5.92 Å². The first kappa shape index (κ1) is 17.3. The minimum Gasteiger partial charge on any atom is -0.408 e. The number of hydrogen-bond acceptors (Lipinski definition) is 4. The highest BCUT2D eigenvalue weighted by Gasteiger charge is 2.42. The van der Waals surface area contributed by atoms with Gasteiger partial charge < -0.3 is 15.1 Å². The van der Waals surface area contributed by atoms with Crippen LogP contribution in [0.15, 0.2) is 27.4 Å². The molecule has 0 atom stereocenters. The Labute approximate surface area is 145 Å². The average molecular weight is 345 g/mol. The molecule has 25 heavy (non-hydrogen) atoms. The van der Waals surface area contributed by atoms with Crippen LogP contribution in [0.1, 0.15) is 49.9 Å². The van der Waals surface area contributed by atoms with Crippen LogP contribution in [0.2, 0.25) is 0 Å². The topological polar surface area (TPSA) is 104 Å². The maximum absolute atomic E-state index is 12.7. The number of aromatic nitrogens is 1. The molecule has 2 aromatic rings. The van der Waals surface area contributed by atoms with Gasteiger partial charge in [0.15, 0.2) is 5.58 Å². The van der Waals surface area contributed by atoms with Crippen molar-refractivity contribution in [2.45, 2.75) is 45.1 Å². The second-order valence-electron chi connectivity index (χ2n) is 7.07. The fourth-order valence-electron chi connectivity index (χ4n) is 3.24. The van der Waals surface area contributed by atoms with Gasteiger partial charge in [-0.25, -0.2) is 4.79 Å². The molecule has 134 valence electrons. The molecule has 1 aromatic heterocycles. The maximum atomic E-state index is 12.7. The van der Waals surface area contributed by atoms with Gasteiger partial charge in [-0.15, -0.1) is 0 Å². The lowest BCUT2D eigenvalue weighted by molar-refractivity contribution is -0.127. The second-order valence-corrected chi connectivity index (χ2v) is 7.07. The van der Waals surface area contributed by atoms with E-state index in [0.717, 1.165) is 12.8 Å². The first-order valence-electron chi connectivity index (χ1n) is 8.63. The van der Waals surface area contributed by atoms with Crippen LogP contribution in [0.25, 0.3) is 11.1 Å². The van der Waals surface area contributed by atoms with Crippen molar-refractivity contribution in [1.82, 2.24) is 15.6 Å². The van der Waals surface area contributed by atoms with E-state index in [9.17, 15) is 14.4 Å². The summed E-state index contributed by atoms with van der Waals surface area (Å²) in [7, 11) is 0. The summed E-state index contributed by atoms with van der Waals surface area (Å²) < 4.78 is 4.94. The summed E-state index contributed by atoms with van der Waals surface area (Å²) in [6.45, 7) is 4.64. The number of hydrogen-bond donors (Lipinski definition) is 3. The van der Waals surface area contributed by atoms with Crippen molar-refractivity contribution < 1.29 is 14.0 Å². The Kier molecular flexibility index (Phi) is 4.65. The van der Waals surface area contributed by atoms with Gasteiger partial charge >= 0.3 is 5.76 Å². The summed E-state index contributed by atoms with van der Waals surface area (Å²) in [5.74, 6) is -0.665. The summed E-state index contributed by atoms with van der Waals surface area (Å²) >= 11 is 0. The molecule has 1 heterocycles. The van der Waals surface area contributed by atoms with Crippen LogP contribution < -0.4 is 16.4 Å². The molecule has 3 N–H and O–H groups in total. The van der Waals surface area contributed by atoms with Crippen LogP contribution in [-0.2, 0) is 4.79 Å². The molecular weight excluding hydrogens is 322 g/mol. The standard InChI is InChI=1S/C18H23N3O4/c1-11(2)10-19-16(23)18(7-3-4-8-18)21-15(22)12-5-6-14-13(9-12)20-17(24)25-14/h5-6,9,11H,3-4,7-8,10H2,1-2H3,(H,19,23)(H,20,24)(H,21,22). The number of rotatable bonds is 5. The molecule has 0 unspecified atom stereocenters. The number of benzene rings is 1. The van der Waals surface area contributed by atoms with Crippen LogP contribution in [-0.4, -0.2) is 28.9 Å². The fraction of sp³-hybridized carbons (Fsp3) is 0.500. The van der Waals surface area contributed by atoms with E-state index in [4.69, 9.17) is 4.42 Å². The fourth-order valence-corrected chi connectivity index (χ4v) is 3.24. The Bertz CT molecular complexity index is 843. The zero-order valence-electron chi connectivity index (χ0n) is 14.5. The third-order valence-electron chi connectivity index (χ3n) is 4.60. The molecule has 2 amide bonds. The van der Waals surface area contributed by atoms with Gasteiger partial charge in [-0.05, 0) is 37.0 Å². The number of aromatic amines is 1. The van der Waals surface area contributed by atoms with Gasteiger partial charge in [0.25, 0.3) is 5.91 Å². The van der Waals surface area contributed by atoms with E-state index in [0.29, 0.717) is 42.0 Å². The van der Waals surface area contributed by atoms with Crippen LogP contribution in [0.3, 0.4) is 0 Å². The summed E-state index contributed by atoms with van der Waals surface area (Å²) in [4.78, 5) is 39.1. The van der Waals surface area contributed by atoms with Crippen molar-refractivity contribution in [1.29, 1.82) is 0 Å². The molecule has 1 aromatic carbocycles. The summed E-state index contributed by atoms with van der Waals surface area (Å²) in [5.41, 5.74) is 0.381. The molecule has 3 rings (SSSR count). The van der Waals surface area contributed by atoms with Gasteiger partial charge in [-0.2, -0.15) is 0 Å². The van der Waals surface area contributed by atoms with E-state index in [1.54, 1.807) is 18.2 Å². The molecule has 1 aliphatic carbocycles. The van der Waals surface area contributed by atoms with E-state index in [2.05, 4.69) is 15.6 Å². The Morgan fingerprint density at radius 1 is 1.28 bits per heavy atom. The molecular formula is C18H23N3O4. The molecule has 1 aliphatic rings. The summed E-state index contributed by atoms with van der Waals surface area (Å²) in [6, 6.07) is 4.72. The van der Waals surface area contributed by atoms with Crippen molar-refractivity contribution in [2.75, 3.05) is 6.54 Å². The maximum Gasteiger partial charge on any atom is 0.417 e. The number of amides is 2. The van der Waals surface area contributed by atoms with Gasteiger partial charge in [0, 0.05) is 12.1 Å². The molecule has 1 fully saturated rings. The third-order valence-corrected chi connectivity index (χ3v) is 4.60. The molecule has 7 heteroatoms. The van der Waals surface area contributed by atoms with E-state index < -0.39 is 11.3 Å². The predicted octanol–water partition coefficient (Wildman–Crippen LogP) is 1.94. The first-order chi connectivity index (χ1) is 11.9. The lowest BCUT2D eigenvalue weighted by Crippen LogP contribution is -2.57. The minimum atomic E-state index is -0.856. The number of H-pyrrole nitrogens is 1. The van der Waals surface area contributed by atoms with Crippen molar-refractivity contribution in [3.63, 3.8) is 0 Å². The Morgan fingerprint density at radius 2 is 2.00 bits per heavy atom. The normalized spacial score (nSPS) is 16.3. The third kappa shape index (κ3) is 3.60. The second kappa shape index (κ2) is 6.74. The SMILES string of the molecule is CC(C)CNC(=O)C1(NC(=O)c2ccc3oc(=O)[nH]c3c2)CCCC1. The number of carbonyl (C=O) groups is 2. The van der Waals surface area contributed by atoms with Crippen LogP contribution >= 0.6 is 0 Å². The van der Waals surface area contributed by atoms with E-state index in [1.807, 2.05) is 13.8 Å². The largest absolute Gasteiger partial charge is 0.417 e. The van der Waals surface area contributed by atoms with Crippen LogP contribution in [0.5, 0.6) is 0 Å². The molecule has 0 radical (unpaired) electrons. The van der Waals surface area contributed by atoms with E-state index in [1.165, 1.54) is 0 Å². The minimum absolute atomic E-state index is 0.121. The lowest BCUT2D eigenvalue weighted by Gasteiger charge is -2.29. The van der Waals surface area contributed by atoms with E-state index in [-0.39, 0.29) is 11.8 Å². The average Bonchev–Trinajstić information content (AvgIpc) is 3.17. The lowest BCUT2D eigenvalue weighted by atomic mass is 9.95. The number of fused-ring (bicyclic) bond motifs is 1. The molecule has 1 saturated carbocycles. The predicted molar refractivity (Wildman–Crippen MR) is 93.3 cm³/mol.